The summed E-state index contributed by atoms with van der Waals surface area (Å²) in [6.45, 7) is 3.12. The number of hydrogen-bond donors (Lipinski definition) is 2. The third-order valence-electron chi connectivity index (χ3n) is 5.01. The van der Waals surface area contributed by atoms with Crippen LogP contribution in [0, 0.1) is 5.92 Å². The number of nitrogens with zero attached hydrogens (tertiary/aromatic N) is 1. The fourth-order valence-electron chi connectivity index (χ4n) is 3.63. The Labute approximate surface area is 115 Å². The van der Waals surface area contributed by atoms with Gasteiger partial charge < -0.3 is 20.7 Å². The second kappa shape index (κ2) is 6.20. The molecule has 2 fully saturated rings. The average molecular weight is 269 g/mol. The van der Waals surface area contributed by atoms with Crippen LogP contribution in [-0.4, -0.2) is 56.2 Å². The molecular weight excluding hydrogens is 242 g/mol. The zero-order valence-electron chi connectivity index (χ0n) is 12.2. The highest BCUT2D eigenvalue weighted by Crippen LogP contribution is 2.34. The Hall–Kier alpha value is -0.650. The van der Waals surface area contributed by atoms with Crippen molar-refractivity contribution in [3.8, 4) is 0 Å². The van der Waals surface area contributed by atoms with Crippen LogP contribution in [0.3, 0.4) is 0 Å². The van der Waals surface area contributed by atoms with E-state index in [1.807, 2.05) is 7.05 Å². The van der Waals surface area contributed by atoms with Gasteiger partial charge >= 0.3 is 0 Å². The molecule has 1 saturated heterocycles. The minimum absolute atomic E-state index is 0.202. The number of hydrogen-bond acceptors (Lipinski definition) is 4. The third kappa shape index (κ3) is 3.09. The summed E-state index contributed by atoms with van der Waals surface area (Å²) in [6, 6.07) is 0.503. The highest BCUT2D eigenvalue weighted by molar-refractivity contribution is 5.85. The summed E-state index contributed by atoms with van der Waals surface area (Å²) in [5.74, 6) is 0.500. The molecular formula is C14H27N3O2. The fraction of sp³-hybridized carbons (Fsp3) is 0.929. The van der Waals surface area contributed by atoms with E-state index in [1.165, 1.54) is 12.8 Å². The lowest BCUT2D eigenvalue weighted by Crippen LogP contribution is -2.53. The first kappa shape index (κ1) is 14.8. The molecule has 1 aliphatic carbocycles. The maximum Gasteiger partial charge on any atom is 0.237 e. The van der Waals surface area contributed by atoms with Gasteiger partial charge in [-0.25, -0.2) is 0 Å². The Bertz CT molecular complexity index is 316. The Morgan fingerprint density at radius 3 is 2.58 bits per heavy atom. The standard InChI is InChI=1S/C14H27N3O2/c1-16-14(13(15)18)6-3-12(9-14)17-7-4-11(5-8-17)10-19-2/h11-12,16H,3-10H2,1-2H3,(H2,15,18). The van der Waals surface area contributed by atoms with Gasteiger partial charge in [0.25, 0.3) is 0 Å². The molecule has 0 aromatic heterocycles. The Morgan fingerprint density at radius 1 is 1.42 bits per heavy atom. The summed E-state index contributed by atoms with van der Waals surface area (Å²) in [5, 5.41) is 3.15. The summed E-state index contributed by atoms with van der Waals surface area (Å²) >= 11 is 0. The molecule has 5 nitrogen and oxygen atoms in total. The summed E-state index contributed by atoms with van der Waals surface area (Å²) in [7, 11) is 3.62. The number of nitrogens with two attached hydrogens (primary N) is 1. The van der Waals surface area contributed by atoms with Crippen molar-refractivity contribution in [2.24, 2.45) is 11.7 Å². The van der Waals surface area contributed by atoms with Gasteiger partial charge in [0.2, 0.25) is 5.91 Å². The molecule has 0 bridgehead atoms. The average Bonchev–Trinajstić information content (AvgIpc) is 2.86. The van der Waals surface area contributed by atoms with Crippen molar-refractivity contribution in [1.29, 1.82) is 0 Å². The lowest BCUT2D eigenvalue weighted by Gasteiger charge is -2.36. The lowest BCUT2D eigenvalue weighted by molar-refractivity contribution is -0.124. The van der Waals surface area contributed by atoms with Crippen molar-refractivity contribution in [1.82, 2.24) is 10.2 Å². The number of amides is 1. The van der Waals surface area contributed by atoms with Crippen molar-refractivity contribution in [2.45, 2.75) is 43.7 Å². The molecule has 1 amide bonds. The van der Waals surface area contributed by atoms with Gasteiger partial charge in [0.05, 0.1) is 5.54 Å². The van der Waals surface area contributed by atoms with E-state index in [0.717, 1.165) is 39.0 Å². The highest BCUT2D eigenvalue weighted by atomic mass is 16.5. The molecule has 1 heterocycles. The van der Waals surface area contributed by atoms with E-state index in [0.29, 0.717) is 12.0 Å². The van der Waals surface area contributed by atoms with Gasteiger partial charge in [-0.1, -0.05) is 0 Å². The molecule has 1 saturated carbocycles. The summed E-state index contributed by atoms with van der Waals surface area (Å²) < 4.78 is 5.23. The summed E-state index contributed by atoms with van der Waals surface area (Å²) in [5.41, 5.74) is 5.08. The summed E-state index contributed by atoms with van der Waals surface area (Å²) in [6.07, 6.45) is 5.19. The van der Waals surface area contributed by atoms with Gasteiger partial charge in [0.1, 0.15) is 0 Å². The van der Waals surface area contributed by atoms with Gasteiger partial charge in [-0.3, -0.25) is 4.79 Å². The second-order valence-electron chi connectivity index (χ2n) is 6.03. The van der Waals surface area contributed by atoms with E-state index in [-0.39, 0.29) is 5.91 Å². The number of piperidine rings is 1. The van der Waals surface area contributed by atoms with Gasteiger partial charge in [0, 0.05) is 19.8 Å². The van der Waals surface area contributed by atoms with Crippen molar-refractivity contribution >= 4 is 5.91 Å². The molecule has 1 aliphatic heterocycles. The molecule has 0 radical (unpaired) electrons. The van der Waals surface area contributed by atoms with Gasteiger partial charge in [0.15, 0.2) is 0 Å². The van der Waals surface area contributed by atoms with E-state index < -0.39 is 5.54 Å². The fourth-order valence-corrected chi connectivity index (χ4v) is 3.63. The minimum atomic E-state index is -0.478. The quantitative estimate of drug-likeness (QED) is 0.755. The molecule has 2 atom stereocenters. The van der Waals surface area contributed by atoms with E-state index in [2.05, 4.69) is 10.2 Å². The number of primary amides is 1. The Balaban J connectivity index is 1.87. The van der Waals surface area contributed by atoms with E-state index in [9.17, 15) is 4.79 Å². The van der Waals surface area contributed by atoms with E-state index in [1.54, 1.807) is 7.11 Å². The van der Waals surface area contributed by atoms with E-state index >= 15 is 0 Å². The van der Waals surface area contributed by atoms with Crippen LogP contribution in [0.15, 0.2) is 0 Å². The first-order chi connectivity index (χ1) is 9.11. The number of carbonyl (C=O) groups is 1. The van der Waals surface area contributed by atoms with Crippen molar-refractivity contribution in [2.75, 3.05) is 33.9 Å². The van der Waals surface area contributed by atoms with Crippen molar-refractivity contribution in [3.63, 3.8) is 0 Å². The molecule has 0 aromatic rings. The number of nitrogens with one attached hydrogen (secondary N) is 1. The molecule has 5 heteroatoms. The predicted molar refractivity (Wildman–Crippen MR) is 74.8 cm³/mol. The van der Waals surface area contributed by atoms with Gasteiger partial charge in [-0.2, -0.15) is 0 Å². The van der Waals surface area contributed by atoms with Crippen LogP contribution in [0.4, 0.5) is 0 Å². The monoisotopic (exact) mass is 269 g/mol. The van der Waals surface area contributed by atoms with Crippen LogP contribution >= 0.6 is 0 Å². The second-order valence-corrected chi connectivity index (χ2v) is 6.03. The first-order valence-corrected chi connectivity index (χ1v) is 7.33. The molecule has 2 aliphatic rings. The molecule has 2 rings (SSSR count). The number of likely N-dealkylation sites (N-methyl/N-ethyl adjacent to an activating group) is 1. The molecule has 3 N–H and O–H groups in total. The van der Waals surface area contributed by atoms with Crippen molar-refractivity contribution in [3.05, 3.63) is 0 Å². The number of rotatable bonds is 5. The largest absolute Gasteiger partial charge is 0.384 e. The van der Waals surface area contributed by atoms with Crippen molar-refractivity contribution < 1.29 is 9.53 Å². The zero-order chi connectivity index (χ0) is 13.9. The smallest absolute Gasteiger partial charge is 0.237 e. The normalized spacial score (nSPS) is 33.7. The number of methoxy groups -OCH3 is 1. The maximum absolute atomic E-state index is 11.6. The highest BCUT2D eigenvalue weighted by Gasteiger charge is 2.44. The molecule has 0 spiro atoms. The molecule has 110 valence electrons. The topological polar surface area (TPSA) is 67.6 Å². The van der Waals surface area contributed by atoms with Gasteiger partial charge in [-0.05, 0) is 58.2 Å². The number of likely N-dealkylation sites (tertiary alicyclic amines) is 1. The van der Waals surface area contributed by atoms with E-state index in [4.69, 9.17) is 10.5 Å². The first-order valence-electron chi connectivity index (χ1n) is 7.33. The number of carbonyl (C=O) groups excluding carboxylic acids is 1. The third-order valence-corrected chi connectivity index (χ3v) is 5.01. The van der Waals surface area contributed by atoms with Crippen LogP contribution in [0.25, 0.3) is 0 Å². The molecule has 19 heavy (non-hydrogen) atoms. The Morgan fingerprint density at radius 2 is 2.11 bits per heavy atom. The SMILES string of the molecule is CNC1(C(N)=O)CCC(N2CCC(COC)CC2)C1. The maximum atomic E-state index is 11.6. The van der Waals surface area contributed by atoms with Crippen LogP contribution in [0.1, 0.15) is 32.1 Å². The zero-order valence-corrected chi connectivity index (χ0v) is 12.2. The number of ether oxygens (including phenoxy) is 1. The Kier molecular flexibility index (Phi) is 4.81. The molecule has 2 unspecified atom stereocenters. The summed E-state index contributed by atoms with van der Waals surface area (Å²) in [4.78, 5) is 14.2. The molecule has 0 aromatic carbocycles. The predicted octanol–water partition coefficient (Wildman–Crippen LogP) is 0.341. The van der Waals surface area contributed by atoms with Crippen LogP contribution in [-0.2, 0) is 9.53 Å². The lowest BCUT2D eigenvalue weighted by atomic mass is 9.94. The minimum Gasteiger partial charge on any atom is -0.384 e. The van der Waals surface area contributed by atoms with Gasteiger partial charge in [-0.15, -0.1) is 0 Å². The van der Waals surface area contributed by atoms with Crippen LogP contribution < -0.4 is 11.1 Å². The van der Waals surface area contributed by atoms with Crippen LogP contribution in [0.2, 0.25) is 0 Å². The van der Waals surface area contributed by atoms with Crippen LogP contribution in [0.5, 0.6) is 0 Å².